The van der Waals surface area contributed by atoms with Crippen LogP contribution < -0.4 is 5.73 Å². The van der Waals surface area contributed by atoms with Gasteiger partial charge in [0.05, 0.1) is 19.0 Å². The lowest BCUT2D eigenvalue weighted by atomic mass is 10.2. The molecule has 0 radical (unpaired) electrons. The number of anilines is 1. The van der Waals surface area contributed by atoms with Gasteiger partial charge in [0.15, 0.2) is 11.5 Å². The summed E-state index contributed by atoms with van der Waals surface area (Å²) in [6, 6.07) is 0. The lowest BCUT2D eigenvalue weighted by molar-refractivity contribution is -0.0423. The Labute approximate surface area is 168 Å². The minimum absolute atomic E-state index is 0.0329. The quantitative estimate of drug-likeness (QED) is 0.309. The molecule has 0 spiro atoms. The van der Waals surface area contributed by atoms with Gasteiger partial charge in [-0.15, -0.1) is 0 Å². The fourth-order valence-electron chi connectivity index (χ4n) is 2.64. The van der Waals surface area contributed by atoms with E-state index in [2.05, 4.69) is 28.1 Å². The summed E-state index contributed by atoms with van der Waals surface area (Å²) in [6.07, 6.45) is -0.446. The van der Waals surface area contributed by atoms with Crippen molar-refractivity contribution < 1.29 is 51.4 Å². The lowest BCUT2D eigenvalue weighted by Crippen LogP contribution is -2.26. The molecule has 4 unspecified atom stereocenters. The van der Waals surface area contributed by atoms with E-state index in [0.29, 0.717) is 17.8 Å². The molecule has 3 rings (SSSR count). The van der Waals surface area contributed by atoms with Gasteiger partial charge in [-0.05, 0) is 0 Å². The molecule has 6 atom stereocenters. The molecule has 3 heterocycles. The van der Waals surface area contributed by atoms with E-state index in [4.69, 9.17) is 15.4 Å². The van der Waals surface area contributed by atoms with Gasteiger partial charge in [0, 0.05) is 13.1 Å². The first kappa shape index (κ1) is 23.4. The number of hydrogen-bond acceptors (Lipinski definition) is 12. The molecule has 1 fully saturated rings. The number of ether oxygens (including phenoxy) is 1. The summed E-state index contributed by atoms with van der Waals surface area (Å²) in [7, 11) is -15.1. The third-order valence-corrected chi connectivity index (χ3v) is 7.93. The van der Waals surface area contributed by atoms with Crippen molar-refractivity contribution in [1.82, 2.24) is 19.5 Å². The molecule has 0 aromatic carbocycles. The summed E-state index contributed by atoms with van der Waals surface area (Å²) >= 11 is 0. The summed E-state index contributed by atoms with van der Waals surface area (Å²) in [5.41, 5.74) is 6.37. The second kappa shape index (κ2) is 8.34. The van der Waals surface area contributed by atoms with E-state index >= 15 is 0 Å². The van der Waals surface area contributed by atoms with Crippen molar-refractivity contribution >= 4 is 40.2 Å². The highest BCUT2D eigenvalue weighted by molar-refractivity contribution is 7.68. The van der Waals surface area contributed by atoms with Crippen LogP contribution in [0.25, 0.3) is 11.2 Å². The largest absolute Gasteiger partial charge is 0.488 e. The van der Waals surface area contributed by atoms with Gasteiger partial charge in [0.2, 0.25) is 0 Å². The van der Waals surface area contributed by atoms with Crippen LogP contribution in [0.5, 0.6) is 0 Å². The molecule has 0 amide bonds. The third kappa shape index (κ3) is 5.69. The zero-order valence-electron chi connectivity index (χ0n) is 15.2. The van der Waals surface area contributed by atoms with Crippen LogP contribution in [0.15, 0.2) is 12.7 Å². The van der Waals surface area contributed by atoms with Gasteiger partial charge in [-0.3, -0.25) is 13.7 Å². The average molecular weight is 489 g/mol. The number of imidazole rings is 1. The molecule has 1 aliphatic heterocycles. The first-order chi connectivity index (χ1) is 13.8. The lowest BCUT2D eigenvalue weighted by Gasteiger charge is -2.19. The van der Waals surface area contributed by atoms with Crippen molar-refractivity contribution in [2.24, 2.45) is 0 Å². The molecule has 0 saturated carbocycles. The number of aliphatic hydroxyl groups excluding tert-OH is 1. The van der Waals surface area contributed by atoms with Gasteiger partial charge >= 0.3 is 23.2 Å². The zero-order chi connectivity index (χ0) is 22.3. The maximum Gasteiger partial charge on any atom is 0.488 e. The van der Waals surface area contributed by atoms with Crippen LogP contribution in [-0.2, 0) is 31.6 Å². The van der Waals surface area contributed by atoms with Gasteiger partial charge in [-0.25, -0.2) is 28.4 Å². The Morgan fingerprint density at radius 2 is 1.90 bits per heavy atom. The first-order valence-electron chi connectivity index (χ1n) is 8.06. The highest BCUT2D eigenvalue weighted by Gasteiger charge is 2.42. The van der Waals surface area contributed by atoms with Crippen molar-refractivity contribution in [2.75, 3.05) is 19.0 Å². The monoisotopic (exact) mass is 489 g/mol. The molecule has 168 valence electrons. The zero-order valence-corrected chi connectivity index (χ0v) is 17.8. The number of phosphoric ester groups is 1. The van der Waals surface area contributed by atoms with E-state index in [1.54, 1.807) is 0 Å². The molecular weight excluding hydrogens is 471 g/mol. The van der Waals surface area contributed by atoms with E-state index in [1.165, 1.54) is 17.2 Å². The molecular formula is C11H18N5O11P3. The number of aliphatic hydroxyl groups is 1. The SMILES string of the molecule is CP(=O)(O)OP(=O)(O)OP(=O)(O)OC[C@H]1O[C@@H](n2cnc3c(N)ncnc32)CC1O. The molecule has 1 saturated heterocycles. The normalized spacial score (nSPS) is 28.1. The predicted molar refractivity (Wildman–Crippen MR) is 97.8 cm³/mol. The second-order valence-electron chi connectivity index (χ2n) is 6.21. The van der Waals surface area contributed by atoms with Crippen LogP contribution in [0.3, 0.4) is 0 Å². The number of nitrogen functional groups attached to an aromatic ring is 1. The van der Waals surface area contributed by atoms with Crippen LogP contribution in [0.2, 0.25) is 0 Å². The van der Waals surface area contributed by atoms with Gasteiger partial charge in [0.1, 0.15) is 24.2 Å². The molecule has 30 heavy (non-hydrogen) atoms. The van der Waals surface area contributed by atoms with Gasteiger partial charge in [-0.2, -0.15) is 4.31 Å². The van der Waals surface area contributed by atoms with Crippen molar-refractivity contribution in [3.05, 3.63) is 12.7 Å². The fourth-order valence-corrected chi connectivity index (χ4v) is 6.13. The number of fused-ring (bicyclic) bond motifs is 1. The van der Waals surface area contributed by atoms with E-state index in [1.807, 2.05) is 0 Å². The predicted octanol–water partition coefficient (Wildman–Crippen LogP) is 0.123. The topological polar surface area (TPSA) is 239 Å². The molecule has 16 nitrogen and oxygen atoms in total. The summed E-state index contributed by atoms with van der Waals surface area (Å²) in [5.74, 6) is 0.144. The molecule has 0 aliphatic carbocycles. The maximum atomic E-state index is 11.8. The van der Waals surface area contributed by atoms with Crippen LogP contribution in [0.1, 0.15) is 12.6 Å². The van der Waals surface area contributed by atoms with Crippen LogP contribution >= 0.6 is 23.2 Å². The van der Waals surface area contributed by atoms with Gasteiger partial charge in [0.25, 0.3) is 0 Å². The number of phosphoric acid groups is 2. The van der Waals surface area contributed by atoms with Crippen LogP contribution in [0, 0.1) is 0 Å². The fraction of sp³-hybridized carbons (Fsp3) is 0.545. The van der Waals surface area contributed by atoms with E-state index in [-0.39, 0.29) is 12.2 Å². The van der Waals surface area contributed by atoms with E-state index in [9.17, 15) is 28.6 Å². The maximum absolute atomic E-state index is 11.8. The van der Waals surface area contributed by atoms with Crippen molar-refractivity contribution in [3.63, 3.8) is 0 Å². The number of nitrogens with two attached hydrogens (primary N) is 1. The highest BCUT2D eigenvalue weighted by Crippen LogP contribution is 2.66. The summed E-state index contributed by atoms with van der Waals surface area (Å²) in [6.45, 7) is -0.151. The Morgan fingerprint density at radius 3 is 2.57 bits per heavy atom. The Kier molecular flexibility index (Phi) is 6.50. The van der Waals surface area contributed by atoms with Crippen LogP contribution in [-0.4, -0.2) is 64.8 Å². The van der Waals surface area contributed by atoms with Gasteiger partial charge in [-0.1, -0.05) is 0 Å². The van der Waals surface area contributed by atoms with Crippen molar-refractivity contribution in [1.29, 1.82) is 0 Å². The Hall–Kier alpha value is -1.28. The standard InChI is InChI=1S/C11H18N5O11P3/c1-28(18,19)26-30(22,23)27-29(20,21)24-3-7-6(17)2-8(25-7)16-5-15-9-10(12)13-4-14-11(9)16/h4-8,17H,2-3H2,1H3,(H,18,19)(H,20,21)(H,22,23)(H2,12,13,14)/t6?,7-,8-/m1/s1. The molecule has 2 aromatic heterocycles. The summed E-state index contributed by atoms with van der Waals surface area (Å²) in [5, 5.41) is 10.2. The molecule has 0 bridgehead atoms. The smallest absolute Gasteiger partial charge is 0.390 e. The minimum Gasteiger partial charge on any atom is -0.390 e. The van der Waals surface area contributed by atoms with Crippen molar-refractivity contribution in [2.45, 2.75) is 24.9 Å². The van der Waals surface area contributed by atoms with E-state index < -0.39 is 48.3 Å². The van der Waals surface area contributed by atoms with E-state index in [0.717, 1.165) is 0 Å². The first-order valence-corrected chi connectivity index (χ1v) is 13.1. The number of aromatic nitrogens is 4. The summed E-state index contributed by atoms with van der Waals surface area (Å²) in [4.78, 5) is 39.7. The molecule has 1 aliphatic rings. The van der Waals surface area contributed by atoms with Gasteiger partial charge < -0.3 is 30.3 Å². The minimum atomic E-state index is -5.39. The average Bonchev–Trinajstić information content (AvgIpc) is 3.14. The molecule has 19 heteroatoms. The summed E-state index contributed by atoms with van der Waals surface area (Å²) < 4.78 is 53.8. The number of hydrogen-bond donors (Lipinski definition) is 5. The van der Waals surface area contributed by atoms with Crippen LogP contribution in [0.4, 0.5) is 5.82 Å². The number of nitrogens with zero attached hydrogens (tertiary/aromatic N) is 4. The second-order valence-corrected chi connectivity index (χ2v) is 11.3. The van der Waals surface area contributed by atoms with Crippen molar-refractivity contribution in [3.8, 4) is 0 Å². The Balaban J connectivity index is 1.64. The molecule has 6 N–H and O–H groups in total. The Bertz CT molecular complexity index is 1070. The number of rotatable bonds is 8. The highest BCUT2D eigenvalue weighted by atomic mass is 31.3. The molecule has 2 aromatic rings. The third-order valence-electron chi connectivity index (χ3n) is 3.76. The Morgan fingerprint density at radius 1 is 1.20 bits per heavy atom.